The van der Waals surface area contributed by atoms with E-state index in [1.54, 1.807) is 0 Å². The summed E-state index contributed by atoms with van der Waals surface area (Å²) in [7, 11) is 0. The zero-order valence-corrected chi connectivity index (χ0v) is 8.87. The molecule has 0 heterocycles. The van der Waals surface area contributed by atoms with Gasteiger partial charge in [0.05, 0.1) is 0 Å². The van der Waals surface area contributed by atoms with Crippen molar-refractivity contribution in [3.8, 4) is 0 Å². The molecule has 1 aliphatic carbocycles. The first-order chi connectivity index (χ1) is 4.39. The molecule has 0 aliphatic heterocycles. The van der Waals surface area contributed by atoms with E-state index >= 15 is 0 Å². The fraction of sp³-hybridized carbons (Fsp3) is 0.500. The van der Waals surface area contributed by atoms with Crippen LogP contribution in [0.2, 0.25) is 0 Å². The third kappa shape index (κ3) is 4.30. The summed E-state index contributed by atoms with van der Waals surface area (Å²) < 4.78 is 1.49. The second-order valence-electron chi connectivity index (χ2n) is 2.25. The topological polar surface area (TPSA) is 0 Å². The Bertz CT molecular complexity index is 138. The van der Waals surface area contributed by atoms with Crippen molar-refractivity contribution in [1.82, 2.24) is 0 Å². The van der Waals surface area contributed by atoms with E-state index in [1.807, 2.05) is 0 Å². The van der Waals surface area contributed by atoms with Crippen molar-refractivity contribution in [3.63, 3.8) is 0 Å². The maximum atomic E-state index is 2.39. The van der Waals surface area contributed by atoms with Crippen molar-refractivity contribution >= 4 is 12.4 Å². The summed E-state index contributed by atoms with van der Waals surface area (Å²) in [5.74, 6) is 0. The van der Waals surface area contributed by atoms with Crippen molar-refractivity contribution in [1.29, 1.82) is 0 Å². The molecule has 10 heavy (non-hydrogen) atoms. The van der Waals surface area contributed by atoms with Gasteiger partial charge in [0.15, 0.2) is 0 Å². The number of hydrogen-bond acceptors (Lipinski definition) is 0. The van der Waals surface area contributed by atoms with Gasteiger partial charge >= 0.3 is 67.7 Å². The summed E-state index contributed by atoms with van der Waals surface area (Å²) >= 11 is 2.39. The number of halogens is 1. The van der Waals surface area contributed by atoms with E-state index in [1.165, 1.54) is 29.6 Å². The Morgan fingerprint density at radius 3 is 2.90 bits per heavy atom. The van der Waals surface area contributed by atoms with Crippen LogP contribution in [0, 0.1) is 0 Å². The van der Waals surface area contributed by atoms with E-state index in [0.29, 0.717) is 0 Å². The first kappa shape index (κ1) is 10.5. The summed E-state index contributed by atoms with van der Waals surface area (Å²) in [4.78, 5) is 0. The van der Waals surface area contributed by atoms with Crippen molar-refractivity contribution in [3.05, 3.63) is 22.2 Å². The average Bonchev–Trinajstić information content (AvgIpc) is 1.79. The second-order valence-corrected chi connectivity index (χ2v) is 3.71. The van der Waals surface area contributed by atoms with Gasteiger partial charge < -0.3 is 0 Å². The molecule has 0 unspecified atom stereocenters. The van der Waals surface area contributed by atoms with Gasteiger partial charge in [0.1, 0.15) is 0 Å². The molecule has 0 radical (unpaired) electrons. The Morgan fingerprint density at radius 2 is 2.10 bits per heavy atom. The molecule has 2 heteroatoms. The van der Waals surface area contributed by atoms with E-state index < -0.39 is 0 Å². The van der Waals surface area contributed by atoms with Crippen LogP contribution in [-0.4, -0.2) is 0 Å². The van der Waals surface area contributed by atoms with Crippen LogP contribution in [-0.2, 0) is 19.8 Å². The van der Waals surface area contributed by atoms with Crippen LogP contribution in [0.3, 0.4) is 0 Å². The molecular weight excluding hydrogens is 327 g/mol. The molecular formula is C8H12ClPt. The number of hydrogen-bond donors (Lipinski definition) is 0. The zero-order chi connectivity index (χ0) is 6.53. The van der Waals surface area contributed by atoms with Gasteiger partial charge in [-0.1, -0.05) is 0 Å². The average molecular weight is 339 g/mol. The molecule has 0 aromatic carbocycles. The van der Waals surface area contributed by atoms with Crippen LogP contribution >= 0.6 is 12.4 Å². The predicted octanol–water partition coefficient (Wildman–Crippen LogP) is 2.97. The van der Waals surface area contributed by atoms with Gasteiger partial charge in [0.2, 0.25) is 0 Å². The first-order valence-electron chi connectivity index (χ1n) is 3.38. The molecule has 1 aliphatic rings. The van der Waals surface area contributed by atoms with Crippen LogP contribution in [0.4, 0.5) is 0 Å². The molecule has 0 saturated heterocycles. The van der Waals surface area contributed by atoms with Gasteiger partial charge in [-0.05, 0) is 0 Å². The molecule has 0 aromatic heterocycles. The normalized spacial score (nSPS) is 18.4. The third-order valence-corrected chi connectivity index (χ3v) is 2.37. The Hall–Kier alpha value is 0.458. The van der Waals surface area contributed by atoms with E-state index in [9.17, 15) is 0 Å². The molecule has 0 nitrogen and oxygen atoms in total. The Kier molecular flexibility index (Phi) is 6.47. The predicted molar refractivity (Wildman–Crippen MR) is 42.9 cm³/mol. The van der Waals surface area contributed by atoms with E-state index in [4.69, 9.17) is 0 Å². The van der Waals surface area contributed by atoms with Crippen LogP contribution in [0.5, 0.6) is 0 Å². The molecule has 0 N–H and O–H groups in total. The van der Waals surface area contributed by atoms with E-state index in [0.717, 1.165) is 0 Å². The molecule has 0 aromatic rings. The van der Waals surface area contributed by atoms with Crippen molar-refractivity contribution in [2.24, 2.45) is 0 Å². The molecule has 0 fully saturated rings. The van der Waals surface area contributed by atoms with Crippen LogP contribution in [0.25, 0.3) is 0 Å². The van der Waals surface area contributed by atoms with E-state index in [2.05, 4.69) is 38.0 Å². The molecule has 0 saturated carbocycles. The standard InChI is InChI=1S/C8H11.ClH.Pt/c1-2-4-6-8-7-5-3-1;;/h1-3H,4,6-8H2;1H;. The summed E-state index contributed by atoms with van der Waals surface area (Å²) in [5.41, 5.74) is 0. The van der Waals surface area contributed by atoms with Crippen molar-refractivity contribution in [2.45, 2.75) is 25.7 Å². The molecule has 0 bridgehead atoms. The summed E-state index contributed by atoms with van der Waals surface area (Å²) in [6.45, 7) is 0. The summed E-state index contributed by atoms with van der Waals surface area (Å²) in [6.07, 6.45) is 11.9. The first-order valence-corrected chi connectivity index (χ1v) is 4.51. The molecule has 1 rings (SSSR count). The Balaban J connectivity index is 0.000000810. The number of rotatable bonds is 0. The Morgan fingerprint density at radius 1 is 1.30 bits per heavy atom. The SMILES string of the molecule is Cl.[Pt][C]1=CC=CCCCC1. The van der Waals surface area contributed by atoms with Crippen molar-refractivity contribution < 1.29 is 19.8 Å². The minimum absolute atomic E-state index is 0. The zero-order valence-electron chi connectivity index (χ0n) is 5.78. The Labute approximate surface area is 80.1 Å². The van der Waals surface area contributed by atoms with Gasteiger partial charge in [-0.3, -0.25) is 0 Å². The number of allylic oxidation sites excluding steroid dienone is 4. The quantitative estimate of drug-likeness (QED) is 0.637. The molecule has 61 valence electrons. The van der Waals surface area contributed by atoms with Gasteiger partial charge in [-0.15, -0.1) is 12.4 Å². The van der Waals surface area contributed by atoms with Gasteiger partial charge in [-0.25, -0.2) is 0 Å². The van der Waals surface area contributed by atoms with Crippen molar-refractivity contribution in [2.75, 3.05) is 0 Å². The summed E-state index contributed by atoms with van der Waals surface area (Å²) in [6, 6.07) is 0. The fourth-order valence-electron chi connectivity index (χ4n) is 0.891. The van der Waals surface area contributed by atoms with E-state index in [-0.39, 0.29) is 12.4 Å². The second kappa shape index (κ2) is 6.19. The van der Waals surface area contributed by atoms with Crippen LogP contribution < -0.4 is 0 Å². The fourth-order valence-corrected chi connectivity index (χ4v) is 1.51. The summed E-state index contributed by atoms with van der Waals surface area (Å²) in [5, 5.41) is 0. The van der Waals surface area contributed by atoms with Crippen LogP contribution in [0.15, 0.2) is 22.2 Å². The monoisotopic (exact) mass is 338 g/mol. The van der Waals surface area contributed by atoms with Gasteiger partial charge in [0, 0.05) is 0 Å². The van der Waals surface area contributed by atoms with Gasteiger partial charge in [-0.2, -0.15) is 0 Å². The maximum absolute atomic E-state index is 2.39. The molecule has 0 atom stereocenters. The molecule has 0 spiro atoms. The molecule has 0 amide bonds. The third-order valence-electron chi connectivity index (χ3n) is 1.42. The van der Waals surface area contributed by atoms with Crippen LogP contribution in [0.1, 0.15) is 25.7 Å². The minimum atomic E-state index is 0. The van der Waals surface area contributed by atoms with Gasteiger partial charge in [0.25, 0.3) is 0 Å².